The molecule has 0 saturated carbocycles. The number of benzene rings is 1. The van der Waals surface area contributed by atoms with Gasteiger partial charge in [-0.15, -0.1) is 11.3 Å². The minimum atomic E-state index is 0.0230. The van der Waals surface area contributed by atoms with E-state index in [9.17, 15) is 9.59 Å². The highest BCUT2D eigenvalue weighted by Crippen LogP contribution is 2.34. The van der Waals surface area contributed by atoms with E-state index in [1.165, 1.54) is 4.88 Å². The smallest absolute Gasteiger partial charge is 0.238 e. The van der Waals surface area contributed by atoms with Crippen LogP contribution >= 0.6 is 11.3 Å². The number of carbonyl (C=O) groups is 2. The molecule has 2 aromatic rings. The van der Waals surface area contributed by atoms with E-state index in [0.717, 1.165) is 49.3 Å². The number of amides is 2. The van der Waals surface area contributed by atoms with Gasteiger partial charge in [0.25, 0.3) is 0 Å². The average Bonchev–Trinajstić information content (AvgIpc) is 3.34. The van der Waals surface area contributed by atoms with Crippen LogP contribution in [0.3, 0.4) is 0 Å². The summed E-state index contributed by atoms with van der Waals surface area (Å²) in [5.74, 6) is 0.0871. The number of anilines is 2. The summed E-state index contributed by atoms with van der Waals surface area (Å²) in [6.07, 6.45) is 3.09. The molecule has 26 heavy (non-hydrogen) atoms. The Morgan fingerprint density at radius 3 is 2.92 bits per heavy atom. The Kier molecular flexibility index (Phi) is 4.78. The summed E-state index contributed by atoms with van der Waals surface area (Å²) in [6, 6.07) is 10.4. The highest BCUT2D eigenvalue weighted by Gasteiger charge is 2.28. The lowest BCUT2D eigenvalue weighted by Gasteiger charge is -2.23. The van der Waals surface area contributed by atoms with E-state index in [4.69, 9.17) is 0 Å². The van der Waals surface area contributed by atoms with Gasteiger partial charge in [0.1, 0.15) is 0 Å². The Balaban J connectivity index is 1.40. The lowest BCUT2D eigenvalue weighted by molar-refractivity contribution is -0.118. The predicted octanol–water partition coefficient (Wildman–Crippen LogP) is 3.43. The highest BCUT2D eigenvalue weighted by atomic mass is 32.1. The van der Waals surface area contributed by atoms with Gasteiger partial charge in [-0.1, -0.05) is 6.07 Å². The largest absolute Gasteiger partial charge is 0.325 e. The quantitative estimate of drug-likeness (QED) is 0.898. The summed E-state index contributed by atoms with van der Waals surface area (Å²) in [4.78, 5) is 29.6. The molecular weight excluding hydrogens is 346 g/mol. The minimum absolute atomic E-state index is 0.0230. The fourth-order valence-corrected chi connectivity index (χ4v) is 4.91. The first-order valence-corrected chi connectivity index (χ1v) is 9.98. The second-order valence-corrected chi connectivity index (χ2v) is 7.94. The van der Waals surface area contributed by atoms with Crippen molar-refractivity contribution in [3.63, 3.8) is 0 Å². The maximum Gasteiger partial charge on any atom is 0.238 e. The zero-order chi connectivity index (χ0) is 18.1. The van der Waals surface area contributed by atoms with Crippen LogP contribution in [0.4, 0.5) is 11.4 Å². The molecule has 4 rings (SSSR count). The Labute approximate surface area is 157 Å². The molecule has 136 valence electrons. The topological polar surface area (TPSA) is 52.7 Å². The molecule has 0 spiro atoms. The van der Waals surface area contributed by atoms with Crippen LogP contribution in [-0.2, 0) is 16.0 Å². The van der Waals surface area contributed by atoms with Crippen LogP contribution in [0.15, 0.2) is 35.7 Å². The second kappa shape index (κ2) is 7.21. The van der Waals surface area contributed by atoms with Crippen LogP contribution in [0, 0.1) is 0 Å². The summed E-state index contributed by atoms with van der Waals surface area (Å²) < 4.78 is 0. The maximum atomic E-state index is 12.5. The standard InChI is InChI=1S/C20H23N3O2S/c1-14(24)23-10-8-15-12-16(6-7-17(15)23)21-20(25)13-22-9-2-4-18(22)19-5-3-11-26-19/h3,5-7,11-12,18H,2,4,8-10,13H2,1H3,(H,21,25). The normalized spacial score (nSPS) is 19.6. The molecule has 2 amide bonds. The third-order valence-corrected chi connectivity index (χ3v) is 6.19. The van der Waals surface area contributed by atoms with E-state index in [0.29, 0.717) is 12.6 Å². The van der Waals surface area contributed by atoms with Crippen molar-refractivity contribution < 1.29 is 9.59 Å². The molecule has 5 nitrogen and oxygen atoms in total. The Hall–Kier alpha value is -2.18. The van der Waals surface area contributed by atoms with E-state index in [1.807, 2.05) is 18.2 Å². The molecule has 3 heterocycles. The molecule has 0 bridgehead atoms. The number of rotatable bonds is 4. The summed E-state index contributed by atoms with van der Waals surface area (Å²) in [5, 5.41) is 5.13. The van der Waals surface area contributed by atoms with Gasteiger partial charge in [0.05, 0.1) is 6.54 Å². The van der Waals surface area contributed by atoms with Crippen LogP contribution < -0.4 is 10.2 Å². The molecule has 1 unspecified atom stereocenters. The first kappa shape index (κ1) is 17.2. The lowest BCUT2D eigenvalue weighted by Crippen LogP contribution is -2.32. The summed E-state index contributed by atoms with van der Waals surface area (Å²) in [6.45, 7) is 3.69. The molecule has 0 radical (unpaired) electrons. The number of hydrogen-bond donors (Lipinski definition) is 1. The van der Waals surface area contributed by atoms with Crippen molar-refractivity contribution in [2.24, 2.45) is 0 Å². The fraction of sp³-hybridized carbons (Fsp3) is 0.400. The number of carbonyl (C=O) groups excluding carboxylic acids is 2. The monoisotopic (exact) mass is 369 g/mol. The van der Waals surface area contributed by atoms with Crippen LogP contribution in [-0.4, -0.2) is 36.3 Å². The molecular formula is C20H23N3O2S. The van der Waals surface area contributed by atoms with Gasteiger partial charge in [0.15, 0.2) is 0 Å². The van der Waals surface area contributed by atoms with Gasteiger partial charge in [-0.3, -0.25) is 14.5 Å². The highest BCUT2D eigenvalue weighted by molar-refractivity contribution is 7.10. The van der Waals surface area contributed by atoms with Crippen LogP contribution in [0.1, 0.15) is 36.2 Å². The van der Waals surface area contributed by atoms with Crippen molar-refractivity contribution in [2.75, 3.05) is 29.9 Å². The number of nitrogens with zero attached hydrogens (tertiary/aromatic N) is 2. The summed E-state index contributed by atoms with van der Waals surface area (Å²) >= 11 is 1.77. The van der Waals surface area contributed by atoms with Gasteiger partial charge in [0, 0.05) is 35.8 Å². The Bertz CT molecular complexity index is 818. The van der Waals surface area contributed by atoms with Crippen LogP contribution in [0.5, 0.6) is 0 Å². The lowest BCUT2D eigenvalue weighted by atomic mass is 10.1. The number of fused-ring (bicyclic) bond motifs is 1. The maximum absolute atomic E-state index is 12.5. The third-order valence-electron chi connectivity index (χ3n) is 5.22. The van der Waals surface area contributed by atoms with Crippen LogP contribution in [0.2, 0.25) is 0 Å². The molecule has 2 aliphatic rings. The summed E-state index contributed by atoms with van der Waals surface area (Å²) in [5.41, 5.74) is 2.90. The predicted molar refractivity (Wildman–Crippen MR) is 105 cm³/mol. The number of thiophene rings is 1. The molecule has 1 aromatic heterocycles. The Morgan fingerprint density at radius 2 is 2.15 bits per heavy atom. The first-order valence-electron chi connectivity index (χ1n) is 9.10. The molecule has 6 heteroatoms. The first-order chi connectivity index (χ1) is 12.6. The summed E-state index contributed by atoms with van der Waals surface area (Å²) in [7, 11) is 0. The molecule has 2 aliphatic heterocycles. The minimum Gasteiger partial charge on any atom is -0.325 e. The zero-order valence-electron chi connectivity index (χ0n) is 14.9. The van der Waals surface area contributed by atoms with E-state index < -0.39 is 0 Å². The van der Waals surface area contributed by atoms with Gasteiger partial charge < -0.3 is 10.2 Å². The molecule has 0 aliphatic carbocycles. The number of nitrogens with one attached hydrogen (secondary N) is 1. The van der Waals surface area contributed by atoms with Crippen molar-refractivity contribution in [3.05, 3.63) is 46.2 Å². The molecule has 1 saturated heterocycles. The van der Waals surface area contributed by atoms with Crippen molar-refractivity contribution in [1.29, 1.82) is 0 Å². The zero-order valence-corrected chi connectivity index (χ0v) is 15.7. The van der Waals surface area contributed by atoms with Gasteiger partial charge >= 0.3 is 0 Å². The molecule has 1 aromatic carbocycles. The van der Waals surface area contributed by atoms with Crippen molar-refractivity contribution >= 4 is 34.5 Å². The van der Waals surface area contributed by atoms with Gasteiger partial charge in [-0.2, -0.15) is 0 Å². The second-order valence-electron chi connectivity index (χ2n) is 6.96. The van der Waals surface area contributed by atoms with Gasteiger partial charge in [-0.05, 0) is 61.0 Å². The van der Waals surface area contributed by atoms with E-state index in [2.05, 4.69) is 27.7 Å². The van der Waals surface area contributed by atoms with Gasteiger partial charge in [-0.25, -0.2) is 0 Å². The Morgan fingerprint density at radius 1 is 1.27 bits per heavy atom. The van der Waals surface area contributed by atoms with Crippen LogP contribution in [0.25, 0.3) is 0 Å². The number of hydrogen-bond acceptors (Lipinski definition) is 4. The van der Waals surface area contributed by atoms with Crippen molar-refractivity contribution in [1.82, 2.24) is 4.90 Å². The van der Waals surface area contributed by atoms with E-state index in [-0.39, 0.29) is 11.8 Å². The van der Waals surface area contributed by atoms with E-state index in [1.54, 1.807) is 23.2 Å². The molecule has 1 fully saturated rings. The van der Waals surface area contributed by atoms with E-state index >= 15 is 0 Å². The van der Waals surface area contributed by atoms with Crippen molar-refractivity contribution in [3.8, 4) is 0 Å². The van der Waals surface area contributed by atoms with Gasteiger partial charge in [0.2, 0.25) is 11.8 Å². The van der Waals surface area contributed by atoms with Crippen molar-refractivity contribution in [2.45, 2.75) is 32.2 Å². The average molecular weight is 369 g/mol. The third kappa shape index (κ3) is 3.39. The molecule has 1 N–H and O–H groups in total. The fourth-order valence-electron chi connectivity index (χ4n) is 4.01. The number of likely N-dealkylation sites (tertiary alicyclic amines) is 1. The SMILES string of the molecule is CC(=O)N1CCc2cc(NC(=O)CN3CCCC3c3cccs3)ccc21. The molecule has 1 atom stereocenters.